The summed E-state index contributed by atoms with van der Waals surface area (Å²) in [7, 11) is 3.20. The minimum Gasteiger partial charge on any atom is -0.497 e. The highest BCUT2D eigenvalue weighted by molar-refractivity contribution is 5.76. The lowest BCUT2D eigenvalue weighted by atomic mass is 10.2. The summed E-state index contributed by atoms with van der Waals surface area (Å²) in [4.78, 5) is 12.9. The standard InChI is InChI=1S/C20H17N5O3/c1-26-14-8-9-17(27-2)16(10-14)23-19-15(11-21-12-22-19)20-24-18(25-28-20)13-6-4-3-5-7-13/h3-12H,1-2H3,(H,21,22,23). The number of benzene rings is 2. The SMILES string of the molecule is COc1ccc(OC)c(Nc2ncncc2-c2nc(-c3ccccc3)no2)c1. The van der Waals surface area contributed by atoms with Gasteiger partial charge in [0.1, 0.15) is 29.2 Å². The first-order chi connectivity index (χ1) is 13.8. The summed E-state index contributed by atoms with van der Waals surface area (Å²) in [5, 5.41) is 7.29. The van der Waals surface area contributed by atoms with Gasteiger partial charge in [0.15, 0.2) is 0 Å². The third-order valence-corrected chi connectivity index (χ3v) is 4.06. The van der Waals surface area contributed by atoms with E-state index < -0.39 is 0 Å². The van der Waals surface area contributed by atoms with Crippen LogP contribution in [0.15, 0.2) is 65.6 Å². The van der Waals surface area contributed by atoms with Gasteiger partial charge in [0.05, 0.1) is 19.9 Å². The lowest BCUT2D eigenvalue weighted by Crippen LogP contribution is -2.00. The zero-order valence-corrected chi connectivity index (χ0v) is 15.3. The van der Waals surface area contributed by atoms with Crippen molar-refractivity contribution in [2.75, 3.05) is 19.5 Å². The van der Waals surface area contributed by atoms with Gasteiger partial charge < -0.3 is 19.3 Å². The van der Waals surface area contributed by atoms with E-state index in [0.717, 1.165) is 5.56 Å². The maximum Gasteiger partial charge on any atom is 0.263 e. The van der Waals surface area contributed by atoms with Crippen molar-refractivity contribution in [1.82, 2.24) is 20.1 Å². The average Bonchev–Trinajstić information content (AvgIpc) is 3.25. The third-order valence-electron chi connectivity index (χ3n) is 4.06. The zero-order valence-electron chi connectivity index (χ0n) is 15.3. The average molecular weight is 375 g/mol. The van der Waals surface area contributed by atoms with E-state index in [4.69, 9.17) is 14.0 Å². The van der Waals surface area contributed by atoms with Gasteiger partial charge in [-0.3, -0.25) is 0 Å². The highest BCUT2D eigenvalue weighted by Gasteiger charge is 2.17. The molecule has 2 aromatic heterocycles. The van der Waals surface area contributed by atoms with Gasteiger partial charge in [-0.15, -0.1) is 0 Å². The maximum absolute atomic E-state index is 5.45. The third kappa shape index (κ3) is 3.48. The molecule has 0 saturated carbocycles. The molecule has 0 fully saturated rings. The summed E-state index contributed by atoms with van der Waals surface area (Å²) in [6.45, 7) is 0. The van der Waals surface area contributed by atoms with Crippen LogP contribution in [0.4, 0.5) is 11.5 Å². The Bertz CT molecular complexity index is 1080. The van der Waals surface area contributed by atoms with Crippen LogP contribution in [-0.2, 0) is 0 Å². The number of hydrogen-bond donors (Lipinski definition) is 1. The Kier molecular flexibility index (Phi) is 4.83. The van der Waals surface area contributed by atoms with Crippen molar-refractivity contribution in [2.24, 2.45) is 0 Å². The van der Waals surface area contributed by atoms with Gasteiger partial charge in [-0.25, -0.2) is 9.97 Å². The van der Waals surface area contributed by atoms with Crippen molar-refractivity contribution in [3.05, 3.63) is 61.1 Å². The molecule has 0 unspecified atom stereocenters. The van der Waals surface area contributed by atoms with Crippen LogP contribution in [0.1, 0.15) is 0 Å². The van der Waals surface area contributed by atoms with Crippen molar-refractivity contribution >= 4 is 11.5 Å². The first-order valence-corrected chi connectivity index (χ1v) is 8.47. The molecule has 0 aliphatic carbocycles. The summed E-state index contributed by atoms with van der Waals surface area (Å²) < 4.78 is 16.1. The number of nitrogens with zero attached hydrogens (tertiary/aromatic N) is 4. The van der Waals surface area contributed by atoms with Crippen LogP contribution in [0.2, 0.25) is 0 Å². The minimum atomic E-state index is 0.309. The summed E-state index contributed by atoms with van der Waals surface area (Å²) in [5.41, 5.74) is 2.12. The van der Waals surface area contributed by atoms with Gasteiger partial charge in [0, 0.05) is 17.8 Å². The van der Waals surface area contributed by atoms with E-state index in [2.05, 4.69) is 25.4 Å². The lowest BCUT2D eigenvalue weighted by molar-refractivity contribution is 0.405. The van der Waals surface area contributed by atoms with Crippen molar-refractivity contribution in [3.8, 4) is 34.3 Å². The van der Waals surface area contributed by atoms with Crippen LogP contribution >= 0.6 is 0 Å². The number of rotatable bonds is 6. The van der Waals surface area contributed by atoms with Gasteiger partial charge in [0.25, 0.3) is 5.89 Å². The molecule has 2 heterocycles. The molecule has 4 aromatic rings. The number of aromatic nitrogens is 4. The Morgan fingerprint density at radius 3 is 2.64 bits per heavy atom. The van der Waals surface area contributed by atoms with E-state index in [0.29, 0.717) is 40.3 Å². The van der Waals surface area contributed by atoms with Crippen LogP contribution in [0.5, 0.6) is 11.5 Å². The second-order valence-electron chi connectivity index (χ2n) is 5.77. The van der Waals surface area contributed by atoms with Crippen LogP contribution in [0.3, 0.4) is 0 Å². The highest BCUT2D eigenvalue weighted by atomic mass is 16.5. The molecule has 0 bridgehead atoms. The molecule has 0 aliphatic rings. The smallest absolute Gasteiger partial charge is 0.263 e. The van der Waals surface area contributed by atoms with Crippen molar-refractivity contribution < 1.29 is 14.0 Å². The van der Waals surface area contributed by atoms with Gasteiger partial charge >= 0.3 is 0 Å². The fraction of sp³-hybridized carbons (Fsp3) is 0.100. The minimum absolute atomic E-state index is 0.309. The van der Waals surface area contributed by atoms with E-state index in [1.807, 2.05) is 48.5 Å². The molecule has 140 valence electrons. The monoisotopic (exact) mass is 375 g/mol. The maximum atomic E-state index is 5.45. The zero-order chi connectivity index (χ0) is 19.3. The van der Waals surface area contributed by atoms with E-state index in [1.165, 1.54) is 6.33 Å². The summed E-state index contributed by atoms with van der Waals surface area (Å²) in [6, 6.07) is 15.0. The van der Waals surface area contributed by atoms with E-state index >= 15 is 0 Å². The summed E-state index contributed by atoms with van der Waals surface area (Å²) >= 11 is 0. The van der Waals surface area contributed by atoms with Gasteiger partial charge in [-0.2, -0.15) is 4.98 Å². The van der Waals surface area contributed by atoms with Crippen molar-refractivity contribution in [2.45, 2.75) is 0 Å². The first-order valence-electron chi connectivity index (χ1n) is 8.47. The van der Waals surface area contributed by atoms with E-state index in [-0.39, 0.29) is 0 Å². The molecule has 0 aliphatic heterocycles. The number of anilines is 2. The first kappa shape index (κ1) is 17.5. The van der Waals surface area contributed by atoms with Crippen LogP contribution in [0.25, 0.3) is 22.8 Å². The van der Waals surface area contributed by atoms with Crippen molar-refractivity contribution in [1.29, 1.82) is 0 Å². The molecule has 0 atom stereocenters. The van der Waals surface area contributed by atoms with E-state index in [9.17, 15) is 0 Å². The fourth-order valence-corrected chi connectivity index (χ4v) is 2.66. The van der Waals surface area contributed by atoms with E-state index in [1.54, 1.807) is 20.4 Å². The Balaban J connectivity index is 1.70. The molecule has 28 heavy (non-hydrogen) atoms. The second-order valence-corrected chi connectivity index (χ2v) is 5.77. The highest BCUT2D eigenvalue weighted by Crippen LogP contribution is 2.34. The number of hydrogen-bond acceptors (Lipinski definition) is 8. The van der Waals surface area contributed by atoms with Gasteiger partial charge in [-0.1, -0.05) is 35.5 Å². The second kappa shape index (κ2) is 7.75. The Labute approximate surface area is 161 Å². The number of nitrogens with one attached hydrogen (secondary N) is 1. The molecule has 2 aromatic carbocycles. The summed E-state index contributed by atoms with van der Waals surface area (Å²) in [5.74, 6) is 2.63. The lowest BCUT2D eigenvalue weighted by Gasteiger charge is -2.13. The van der Waals surface area contributed by atoms with Crippen LogP contribution < -0.4 is 14.8 Å². The molecule has 8 heteroatoms. The normalized spacial score (nSPS) is 10.5. The largest absolute Gasteiger partial charge is 0.497 e. The molecular weight excluding hydrogens is 358 g/mol. The Morgan fingerprint density at radius 1 is 1.00 bits per heavy atom. The molecule has 0 radical (unpaired) electrons. The van der Waals surface area contributed by atoms with Crippen LogP contribution in [-0.4, -0.2) is 34.3 Å². The Morgan fingerprint density at radius 2 is 1.86 bits per heavy atom. The quantitative estimate of drug-likeness (QED) is 0.541. The molecule has 0 saturated heterocycles. The summed E-state index contributed by atoms with van der Waals surface area (Å²) in [6.07, 6.45) is 3.05. The molecule has 8 nitrogen and oxygen atoms in total. The number of ether oxygens (including phenoxy) is 2. The van der Waals surface area contributed by atoms with Gasteiger partial charge in [-0.05, 0) is 12.1 Å². The van der Waals surface area contributed by atoms with Gasteiger partial charge in [0.2, 0.25) is 5.82 Å². The Hall–Kier alpha value is -3.94. The molecule has 1 N–H and O–H groups in total. The molecule has 0 amide bonds. The predicted octanol–water partition coefficient (Wildman–Crippen LogP) is 3.95. The topological polar surface area (TPSA) is 95.2 Å². The molecule has 4 rings (SSSR count). The van der Waals surface area contributed by atoms with Crippen molar-refractivity contribution in [3.63, 3.8) is 0 Å². The molecule has 0 spiro atoms. The fourth-order valence-electron chi connectivity index (χ4n) is 2.66. The predicted molar refractivity (Wildman–Crippen MR) is 104 cm³/mol. The molecular formula is C20H17N5O3. The number of methoxy groups -OCH3 is 2. The van der Waals surface area contributed by atoms with Crippen LogP contribution in [0, 0.1) is 0 Å².